The van der Waals surface area contributed by atoms with Crippen molar-refractivity contribution in [3.8, 4) is 0 Å². The van der Waals surface area contributed by atoms with Gasteiger partial charge in [-0.2, -0.15) is 0 Å². The van der Waals surface area contributed by atoms with Crippen molar-refractivity contribution < 1.29 is 24.9 Å². The van der Waals surface area contributed by atoms with Gasteiger partial charge in [-0.05, 0) is 12.8 Å². The van der Waals surface area contributed by atoms with Crippen molar-refractivity contribution in [2.45, 2.75) is 59.3 Å². The summed E-state index contributed by atoms with van der Waals surface area (Å²) in [7, 11) is 0. The van der Waals surface area contributed by atoms with Crippen molar-refractivity contribution in [3.63, 3.8) is 0 Å². The van der Waals surface area contributed by atoms with Crippen LogP contribution in [-0.4, -0.2) is 47.7 Å². The monoisotopic (exact) mass is 280 g/mol. The fourth-order valence-corrected chi connectivity index (χ4v) is 1.01. The van der Waals surface area contributed by atoms with E-state index in [0.717, 1.165) is 20.1 Å². The van der Waals surface area contributed by atoms with Crippen molar-refractivity contribution in [2.75, 3.05) is 26.4 Å². The summed E-state index contributed by atoms with van der Waals surface area (Å²) in [4.78, 5) is 9.00. The van der Waals surface area contributed by atoms with Gasteiger partial charge in [-0.15, -0.1) is 0 Å². The molecule has 0 saturated carbocycles. The predicted molar refractivity (Wildman–Crippen MR) is 77.4 cm³/mol. The number of carboxylic acid groups (broad SMARTS) is 1. The standard InChI is InChI=1S/C10H22O.C2H4O2.C2H6O2/c1-3-5-7-9-11-10-8-6-4-2;1-2(3)4;3-1-2-4/h3-10H2,1-2H3;1H3,(H,3,4);3-4H,1-2H2. The average Bonchev–Trinajstić information content (AvgIpc) is 2.37. The van der Waals surface area contributed by atoms with Crippen molar-refractivity contribution in [1.29, 1.82) is 0 Å². The Labute approximate surface area is 117 Å². The average molecular weight is 280 g/mol. The second-order valence-corrected chi connectivity index (χ2v) is 3.99. The molecule has 0 aromatic rings. The molecule has 0 unspecified atom stereocenters. The molecule has 0 atom stereocenters. The lowest BCUT2D eigenvalue weighted by molar-refractivity contribution is -0.134. The summed E-state index contributed by atoms with van der Waals surface area (Å²) in [6.45, 7) is 7.21. The van der Waals surface area contributed by atoms with Crippen molar-refractivity contribution >= 4 is 5.97 Å². The molecule has 5 nitrogen and oxygen atoms in total. The Bertz CT molecular complexity index is 137. The second kappa shape index (κ2) is 26.0. The molecule has 0 heterocycles. The summed E-state index contributed by atoms with van der Waals surface area (Å²) < 4.78 is 5.44. The molecule has 5 heteroatoms. The Morgan fingerprint density at radius 3 is 1.42 bits per heavy atom. The zero-order valence-electron chi connectivity index (χ0n) is 12.7. The smallest absolute Gasteiger partial charge is 0.300 e. The van der Waals surface area contributed by atoms with Crippen LogP contribution in [0.3, 0.4) is 0 Å². The van der Waals surface area contributed by atoms with Crippen molar-refractivity contribution in [2.24, 2.45) is 0 Å². The van der Waals surface area contributed by atoms with Gasteiger partial charge >= 0.3 is 0 Å². The molecule has 118 valence electrons. The maximum Gasteiger partial charge on any atom is 0.300 e. The summed E-state index contributed by atoms with van der Waals surface area (Å²) in [5.74, 6) is -0.833. The van der Waals surface area contributed by atoms with E-state index in [-0.39, 0.29) is 13.2 Å². The molecule has 3 N–H and O–H groups in total. The van der Waals surface area contributed by atoms with Gasteiger partial charge in [-0.25, -0.2) is 0 Å². The quantitative estimate of drug-likeness (QED) is 0.565. The summed E-state index contributed by atoms with van der Waals surface area (Å²) >= 11 is 0. The molecule has 0 bridgehead atoms. The molecule has 0 aliphatic heterocycles. The predicted octanol–water partition coefficient (Wildman–Crippen LogP) is 2.45. The van der Waals surface area contributed by atoms with Gasteiger partial charge in [0.1, 0.15) is 0 Å². The van der Waals surface area contributed by atoms with Gasteiger partial charge in [0.25, 0.3) is 5.97 Å². The molecule has 0 saturated heterocycles. The maximum atomic E-state index is 9.00. The Kier molecular flexibility index (Phi) is 32.1. The summed E-state index contributed by atoms with van der Waals surface area (Å²) in [6, 6.07) is 0. The van der Waals surface area contributed by atoms with E-state index in [1.807, 2.05) is 0 Å². The van der Waals surface area contributed by atoms with Crippen LogP contribution in [0.15, 0.2) is 0 Å². The third kappa shape index (κ3) is 58.6. The highest BCUT2D eigenvalue weighted by Crippen LogP contribution is 1.97. The van der Waals surface area contributed by atoms with Gasteiger partial charge in [0.15, 0.2) is 0 Å². The molecule has 0 amide bonds. The van der Waals surface area contributed by atoms with Crippen LogP contribution >= 0.6 is 0 Å². The van der Waals surface area contributed by atoms with Gasteiger partial charge in [-0.3, -0.25) is 4.79 Å². The van der Waals surface area contributed by atoms with Gasteiger partial charge in [-0.1, -0.05) is 39.5 Å². The number of carboxylic acids is 1. The third-order valence-electron chi connectivity index (χ3n) is 1.88. The zero-order chi connectivity index (χ0) is 15.4. The number of carbonyl (C=O) groups is 1. The van der Waals surface area contributed by atoms with E-state index in [1.165, 1.54) is 38.5 Å². The van der Waals surface area contributed by atoms with E-state index in [9.17, 15) is 0 Å². The fourth-order valence-electron chi connectivity index (χ4n) is 1.01. The normalized spacial score (nSPS) is 8.89. The minimum atomic E-state index is -0.833. The molecule has 0 aliphatic rings. The lowest BCUT2D eigenvalue weighted by atomic mass is 10.2. The van der Waals surface area contributed by atoms with Crippen LogP contribution in [0.5, 0.6) is 0 Å². The number of rotatable bonds is 9. The zero-order valence-corrected chi connectivity index (χ0v) is 12.7. The lowest BCUT2D eigenvalue weighted by Crippen LogP contribution is -1.96. The first kappa shape index (κ1) is 23.4. The highest BCUT2D eigenvalue weighted by Gasteiger charge is 1.88. The van der Waals surface area contributed by atoms with Crippen LogP contribution in [-0.2, 0) is 9.53 Å². The Balaban J connectivity index is -0.000000264. The Hall–Kier alpha value is -0.650. The van der Waals surface area contributed by atoms with Crippen LogP contribution in [0.25, 0.3) is 0 Å². The molecule has 0 rings (SSSR count). The first-order valence-corrected chi connectivity index (χ1v) is 7.05. The van der Waals surface area contributed by atoms with Gasteiger partial charge in [0, 0.05) is 20.1 Å². The molecule has 19 heavy (non-hydrogen) atoms. The number of ether oxygens (including phenoxy) is 1. The molecule has 0 aromatic heterocycles. The van der Waals surface area contributed by atoms with Gasteiger partial charge < -0.3 is 20.1 Å². The van der Waals surface area contributed by atoms with E-state index in [2.05, 4.69) is 13.8 Å². The van der Waals surface area contributed by atoms with Crippen LogP contribution in [0, 0.1) is 0 Å². The molecule has 0 aromatic carbocycles. The summed E-state index contributed by atoms with van der Waals surface area (Å²) in [5.41, 5.74) is 0. The number of unbranched alkanes of at least 4 members (excludes halogenated alkanes) is 4. The fraction of sp³-hybridized carbons (Fsp3) is 0.929. The minimum absolute atomic E-state index is 0.125. The van der Waals surface area contributed by atoms with E-state index in [1.54, 1.807) is 0 Å². The van der Waals surface area contributed by atoms with Crippen LogP contribution in [0.2, 0.25) is 0 Å². The molecule has 0 spiro atoms. The number of hydrogen-bond donors (Lipinski definition) is 3. The molecule has 0 radical (unpaired) electrons. The topological polar surface area (TPSA) is 87.0 Å². The maximum absolute atomic E-state index is 9.00. The highest BCUT2D eigenvalue weighted by atomic mass is 16.5. The lowest BCUT2D eigenvalue weighted by Gasteiger charge is -2.01. The first-order valence-electron chi connectivity index (χ1n) is 7.05. The van der Waals surface area contributed by atoms with E-state index in [4.69, 9.17) is 24.9 Å². The van der Waals surface area contributed by atoms with E-state index >= 15 is 0 Å². The van der Waals surface area contributed by atoms with Gasteiger partial charge in [0.05, 0.1) is 13.2 Å². The number of aliphatic carboxylic acids is 1. The highest BCUT2D eigenvalue weighted by molar-refractivity contribution is 5.62. The van der Waals surface area contributed by atoms with Crippen LogP contribution in [0.4, 0.5) is 0 Å². The SMILES string of the molecule is CC(=O)O.CCCCCOCCCCC.OCCO. The van der Waals surface area contributed by atoms with Crippen LogP contribution in [0.1, 0.15) is 59.3 Å². The molecule has 0 aliphatic carbocycles. The third-order valence-corrected chi connectivity index (χ3v) is 1.88. The van der Waals surface area contributed by atoms with E-state index < -0.39 is 5.97 Å². The Morgan fingerprint density at radius 1 is 0.895 bits per heavy atom. The number of aliphatic hydroxyl groups excluding tert-OH is 2. The summed E-state index contributed by atoms with van der Waals surface area (Å²) in [5, 5.41) is 22.7. The molecular weight excluding hydrogens is 248 g/mol. The Morgan fingerprint density at radius 2 is 1.21 bits per heavy atom. The van der Waals surface area contributed by atoms with Gasteiger partial charge in [0.2, 0.25) is 0 Å². The van der Waals surface area contributed by atoms with Crippen molar-refractivity contribution in [1.82, 2.24) is 0 Å². The summed E-state index contributed by atoms with van der Waals surface area (Å²) in [6.07, 6.45) is 7.68. The van der Waals surface area contributed by atoms with E-state index in [0.29, 0.717) is 0 Å². The minimum Gasteiger partial charge on any atom is -0.481 e. The molecular formula is C14H32O5. The largest absolute Gasteiger partial charge is 0.481 e. The van der Waals surface area contributed by atoms with Crippen LogP contribution < -0.4 is 0 Å². The first-order chi connectivity index (χ1) is 9.06. The van der Waals surface area contributed by atoms with Crippen molar-refractivity contribution in [3.05, 3.63) is 0 Å². The molecule has 0 fully saturated rings. The second-order valence-electron chi connectivity index (χ2n) is 3.99. The number of aliphatic hydroxyl groups is 2. The number of hydrogen-bond acceptors (Lipinski definition) is 4.